The molecule has 0 bridgehead atoms. The molecule has 0 spiro atoms. The molecule has 0 amide bonds. The lowest BCUT2D eigenvalue weighted by Crippen LogP contribution is -2.29. The molecule has 0 radical (unpaired) electrons. The van der Waals surface area contributed by atoms with Gasteiger partial charge in [-0.15, -0.1) is 5.10 Å². The topological polar surface area (TPSA) is 54.2 Å². The van der Waals surface area contributed by atoms with Crippen LogP contribution in [0.15, 0.2) is 30.5 Å². The average molecular weight is 258 g/mol. The number of aromatic nitrogens is 3. The van der Waals surface area contributed by atoms with Crippen LogP contribution in [0.1, 0.15) is 25.0 Å². The van der Waals surface area contributed by atoms with Crippen LogP contribution in [-0.2, 0) is 6.61 Å². The molecule has 2 aromatic rings. The molecule has 1 aliphatic heterocycles. The van der Waals surface area contributed by atoms with Gasteiger partial charge in [0.15, 0.2) is 0 Å². The number of rotatable bonds is 3. The second kappa shape index (κ2) is 5.40. The summed E-state index contributed by atoms with van der Waals surface area (Å²) in [6.07, 6.45) is 5.48. The van der Waals surface area contributed by atoms with E-state index in [4.69, 9.17) is 0 Å². The van der Waals surface area contributed by atoms with Crippen LogP contribution in [0.4, 0.5) is 5.69 Å². The van der Waals surface area contributed by atoms with E-state index in [0.717, 1.165) is 18.8 Å². The van der Waals surface area contributed by atoms with Gasteiger partial charge in [-0.1, -0.05) is 5.21 Å². The molecule has 1 N–H and O–H groups in total. The largest absolute Gasteiger partial charge is 0.390 e. The maximum atomic E-state index is 9.22. The average Bonchev–Trinajstić information content (AvgIpc) is 2.97. The van der Waals surface area contributed by atoms with Crippen molar-refractivity contribution >= 4 is 5.69 Å². The molecule has 1 saturated heterocycles. The van der Waals surface area contributed by atoms with Crippen molar-refractivity contribution in [3.63, 3.8) is 0 Å². The summed E-state index contributed by atoms with van der Waals surface area (Å²) in [5, 5.41) is 17.0. The first-order chi connectivity index (χ1) is 9.38. The molecular formula is C14H18N4O. The van der Waals surface area contributed by atoms with Gasteiger partial charge in [0.1, 0.15) is 0 Å². The van der Waals surface area contributed by atoms with E-state index in [1.165, 1.54) is 24.9 Å². The molecule has 19 heavy (non-hydrogen) atoms. The fourth-order valence-electron chi connectivity index (χ4n) is 2.54. The molecule has 1 aromatic carbocycles. The van der Waals surface area contributed by atoms with Crippen molar-refractivity contribution in [1.82, 2.24) is 15.0 Å². The van der Waals surface area contributed by atoms with Gasteiger partial charge in [0, 0.05) is 18.8 Å². The summed E-state index contributed by atoms with van der Waals surface area (Å²) < 4.78 is 1.67. The third kappa shape index (κ3) is 2.46. The van der Waals surface area contributed by atoms with E-state index in [9.17, 15) is 5.11 Å². The molecule has 3 rings (SSSR count). The van der Waals surface area contributed by atoms with Crippen molar-refractivity contribution in [2.75, 3.05) is 18.0 Å². The maximum Gasteiger partial charge on any atom is 0.0900 e. The zero-order valence-corrected chi connectivity index (χ0v) is 10.9. The number of nitrogens with zero attached hydrogens (tertiary/aromatic N) is 4. The highest BCUT2D eigenvalue weighted by atomic mass is 16.3. The second-order valence-corrected chi connectivity index (χ2v) is 4.86. The minimum Gasteiger partial charge on any atom is -0.390 e. The fraction of sp³-hybridized carbons (Fsp3) is 0.429. The highest BCUT2D eigenvalue weighted by molar-refractivity contribution is 5.51. The lowest BCUT2D eigenvalue weighted by Gasteiger charge is -2.28. The molecule has 0 aliphatic carbocycles. The Hall–Kier alpha value is -1.88. The molecule has 100 valence electrons. The van der Waals surface area contributed by atoms with E-state index in [-0.39, 0.29) is 6.61 Å². The summed E-state index contributed by atoms with van der Waals surface area (Å²) >= 11 is 0. The fourth-order valence-corrected chi connectivity index (χ4v) is 2.54. The second-order valence-electron chi connectivity index (χ2n) is 4.86. The number of hydrogen-bond donors (Lipinski definition) is 1. The van der Waals surface area contributed by atoms with Crippen LogP contribution >= 0.6 is 0 Å². The van der Waals surface area contributed by atoms with Crippen molar-refractivity contribution in [2.24, 2.45) is 0 Å². The number of aliphatic hydroxyl groups is 1. The number of piperidine rings is 1. The van der Waals surface area contributed by atoms with E-state index in [2.05, 4.69) is 27.3 Å². The molecule has 1 fully saturated rings. The van der Waals surface area contributed by atoms with Crippen LogP contribution in [0, 0.1) is 0 Å². The Balaban J connectivity index is 1.82. The lowest BCUT2D eigenvalue weighted by molar-refractivity contribution is 0.273. The quantitative estimate of drug-likeness (QED) is 0.911. The van der Waals surface area contributed by atoms with Gasteiger partial charge in [0.25, 0.3) is 0 Å². The van der Waals surface area contributed by atoms with Gasteiger partial charge in [-0.25, -0.2) is 4.68 Å². The van der Waals surface area contributed by atoms with Crippen LogP contribution < -0.4 is 4.90 Å². The normalized spacial score (nSPS) is 15.7. The van der Waals surface area contributed by atoms with Gasteiger partial charge >= 0.3 is 0 Å². The lowest BCUT2D eigenvalue weighted by atomic mass is 10.1. The monoisotopic (exact) mass is 258 g/mol. The molecular weight excluding hydrogens is 240 g/mol. The van der Waals surface area contributed by atoms with Crippen molar-refractivity contribution in [2.45, 2.75) is 25.9 Å². The number of hydrogen-bond acceptors (Lipinski definition) is 4. The maximum absolute atomic E-state index is 9.22. The Bertz CT molecular complexity index is 529. The Morgan fingerprint density at radius 3 is 2.37 bits per heavy atom. The summed E-state index contributed by atoms with van der Waals surface area (Å²) in [5.74, 6) is 0. The number of benzene rings is 1. The summed E-state index contributed by atoms with van der Waals surface area (Å²) in [4.78, 5) is 2.42. The highest BCUT2D eigenvalue weighted by Crippen LogP contribution is 2.21. The predicted octanol–water partition coefficient (Wildman–Crippen LogP) is 1.75. The minimum atomic E-state index is -0.0547. The van der Waals surface area contributed by atoms with Gasteiger partial charge in [0.2, 0.25) is 0 Å². The first-order valence-electron chi connectivity index (χ1n) is 6.74. The zero-order chi connectivity index (χ0) is 13.1. The Morgan fingerprint density at radius 2 is 1.68 bits per heavy atom. The molecule has 2 heterocycles. The molecule has 0 unspecified atom stereocenters. The Morgan fingerprint density at radius 1 is 1.00 bits per heavy atom. The van der Waals surface area contributed by atoms with Gasteiger partial charge in [-0.05, 0) is 43.5 Å². The smallest absolute Gasteiger partial charge is 0.0900 e. The first-order valence-corrected chi connectivity index (χ1v) is 6.74. The molecule has 0 atom stereocenters. The van der Waals surface area contributed by atoms with Gasteiger partial charge in [0.05, 0.1) is 24.2 Å². The van der Waals surface area contributed by atoms with Gasteiger partial charge in [-0.3, -0.25) is 0 Å². The van der Waals surface area contributed by atoms with Crippen molar-refractivity contribution in [1.29, 1.82) is 0 Å². The minimum absolute atomic E-state index is 0.0547. The van der Waals surface area contributed by atoms with E-state index >= 15 is 0 Å². The number of aliphatic hydroxyl groups excluding tert-OH is 1. The predicted molar refractivity (Wildman–Crippen MR) is 73.3 cm³/mol. The van der Waals surface area contributed by atoms with Crippen molar-refractivity contribution in [3.05, 3.63) is 36.2 Å². The molecule has 5 heteroatoms. The summed E-state index contributed by atoms with van der Waals surface area (Å²) in [6, 6.07) is 8.28. The van der Waals surface area contributed by atoms with Crippen molar-refractivity contribution in [3.8, 4) is 5.69 Å². The summed E-state index contributed by atoms with van der Waals surface area (Å²) in [6.45, 7) is 2.23. The third-order valence-corrected chi connectivity index (χ3v) is 3.60. The zero-order valence-electron chi connectivity index (χ0n) is 10.9. The van der Waals surface area contributed by atoms with Gasteiger partial charge in [-0.2, -0.15) is 0 Å². The molecule has 5 nitrogen and oxygen atoms in total. The summed E-state index contributed by atoms with van der Waals surface area (Å²) in [5.41, 5.74) is 2.89. The van der Waals surface area contributed by atoms with Crippen LogP contribution in [0.2, 0.25) is 0 Å². The highest BCUT2D eigenvalue weighted by Gasteiger charge is 2.11. The van der Waals surface area contributed by atoms with Crippen LogP contribution in [0.3, 0.4) is 0 Å². The number of anilines is 1. The molecule has 1 aliphatic rings. The van der Waals surface area contributed by atoms with Crippen molar-refractivity contribution < 1.29 is 5.11 Å². The van der Waals surface area contributed by atoms with Crippen LogP contribution in [-0.4, -0.2) is 33.2 Å². The Kier molecular flexibility index (Phi) is 3.46. The molecule has 1 aromatic heterocycles. The van der Waals surface area contributed by atoms with Crippen LogP contribution in [0.5, 0.6) is 0 Å². The standard InChI is InChI=1S/C14H18N4O/c19-11-14-10-15-16-18(14)13-6-4-12(5-7-13)17-8-2-1-3-9-17/h4-7,10,19H,1-3,8-9,11H2. The van der Waals surface area contributed by atoms with Crippen LogP contribution in [0.25, 0.3) is 5.69 Å². The van der Waals surface area contributed by atoms with E-state index in [1.807, 2.05) is 12.1 Å². The first kappa shape index (κ1) is 12.2. The Labute approximate surface area is 112 Å². The van der Waals surface area contributed by atoms with E-state index in [1.54, 1.807) is 10.9 Å². The summed E-state index contributed by atoms with van der Waals surface area (Å²) in [7, 11) is 0. The van der Waals surface area contributed by atoms with E-state index < -0.39 is 0 Å². The van der Waals surface area contributed by atoms with Gasteiger partial charge < -0.3 is 10.0 Å². The van der Waals surface area contributed by atoms with E-state index in [0.29, 0.717) is 5.69 Å². The SMILES string of the molecule is OCc1cnnn1-c1ccc(N2CCCCC2)cc1. The third-order valence-electron chi connectivity index (χ3n) is 3.60. The molecule has 0 saturated carbocycles.